The van der Waals surface area contributed by atoms with E-state index in [0.717, 1.165) is 17.1 Å². The van der Waals surface area contributed by atoms with Gasteiger partial charge in [0.15, 0.2) is 0 Å². The van der Waals surface area contributed by atoms with Crippen molar-refractivity contribution in [2.24, 2.45) is 5.10 Å². The number of carbonyl (C=O) groups excluding carboxylic acids is 1. The summed E-state index contributed by atoms with van der Waals surface area (Å²) in [6.45, 7) is 1.48. The maximum atomic E-state index is 13.5. The summed E-state index contributed by atoms with van der Waals surface area (Å²) in [4.78, 5) is 12.6. The molecule has 2 amide bonds. The van der Waals surface area contributed by atoms with Crippen molar-refractivity contribution in [1.29, 1.82) is 0 Å². The van der Waals surface area contributed by atoms with E-state index >= 15 is 0 Å². The molecule has 1 aromatic carbocycles. The van der Waals surface area contributed by atoms with E-state index in [1.807, 2.05) is 4.83 Å². The Labute approximate surface area is 113 Å². The van der Waals surface area contributed by atoms with Gasteiger partial charge in [-0.15, -0.1) is 4.83 Å². The van der Waals surface area contributed by atoms with Crippen molar-refractivity contribution in [2.75, 3.05) is 6.54 Å². The molecule has 2 N–H and O–H groups in total. The Balaban J connectivity index is 2.27. The lowest BCUT2D eigenvalue weighted by Gasteiger charge is -2.25. The Morgan fingerprint density at radius 2 is 2.10 bits per heavy atom. The zero-order valence-corrected chi connectivity index (χ0v) is 11.0. The lowest BCUT2D eigenvalue weighted by Crippen LogP contribution is -2.54. The number of rotatable bonds is 3. The summed E-state index contributed by atoms with van der Waals surface area (Å²) in [7, 11) is -4.35. The highest BCUT2D eigenvalue weighted by Crippen LogP contribution is 2.15. The highest BCUT2D eigenvalue weighted by molar-refractivity contribution is 7.89. The van der Waals surface area contributed by atoms with E-state index in [-0.39, 0.29) is 6.54 Å². The lowest BCUT2D eigenvalue weighted by molar-refractivity contribution is 0.193. The molecule has 7 nitrogen and oxygen atoms in total. The molecular weight excluding hydrogens is 294 g/mol. The number of hydrazone groups is 1. The van der Waals surface area contributed by atoms with Crippen molar-refractivity contribution in [2.45, 2.75) is 11.8 Å². The summed E-state index contributed by atoms with van der Waals surface area (Å²) < 4.78 is 50.1. The quantitative estimate of drug-likeness (QED) is 0.855. The second kappa shape index (κ2) is 5.13. The minimum Gasteiger partial charge on any atom is -0.245 e. The third-order valence-electron chi connectivity index (χ3n) is 2.39. The number of nitrogens with zero attached hydrogens (tertiary/aromatic N) is 2. The highest BCUT2D eigenvalue weighted by Gasteiger charge is 2.27. The molecule has 1 aliphatic heterocycles. The van der Waals surface area contributed by atoms with Gasteiger partial charge in [-0.2, -0.15) is 5.10 Å². The fourth-order valence-corrected chi connectivity index (χ4v) is 2.60. The van der Waals surface area contributed by atoms with Gasteiger partial charge in [0.1, 0.15) is 16.5 Å². The van der Waals surface area contributed by atoms with Gasteiger partial charge in [0.2, 0.25) is 0 Å². The van der Waals surface area contributed by atoms with Crippen LogP contribution in [0, 0.1) is 11.6 Å². The summed E-state index contributed by atoms with van der Waals surface area (Å²) in [5, 5.41) is 4.33. The Kier molecular flexibility index (Phi) is 3.68. The molecule has 0 radical (unpaired) electrons. The fourth-order valence-electron chi connectivity index (χ4n) is 1.50. The van der Waals surface area contributed by atoms with Crippen LogP contribution in [0.25, 0.3) is 0 Å². The molecule has 2 rings (SSSR count). The van der Waals surface area contributed by atoms with E-state index < -0.39 is 32.6 Å². The molecule has 0 saturated heterocycles. The predicted molar refractivity (Wildman–Crippen MR) is 65.0 cm³/mol. The van der Waals surface area contributed by atoms with Gasteiger partial charge in [0.25, 0.3) is 10.0 Å². The number of amides is 2. The molecule has 0 saturated carbocycles. The molecule has 0 spiro atoms. The molecule has 0 unspecified atom stereocenters. The van der Waals surface area contributed by atoms with Gasteiger partial charge >= 0.3 is 6.03 Å². The molecule has 0 aliphatic carbocycles. The SMILES string of the molecule is CC1=NNC(=O)N(NS(=O)(=O)c2ccc(F)cc2F)C1. The van der Waals surface area contributed by atoms with E-state index in [1.54, 1.807) is 6.92 Å². The van der Waals surface area contributed by atoms with E-state index in [2.05, 4.69) is 10.5 Å². The molecule has 0 aromatic heterocycles. The van der Waals surface area contributed by atoms with E-state index in [0.29, 0.717) is 11.8 Å². The number of halogens is 2. The number of hydrogen-bond donors (Lipinski definition) is 2. The van der Waals surface area contributed by atoms with Gasteiger partial charge in [0.05, 0.1) is 12.3 Å². The van der Waals surface area contributed by atoms with Crippen molar-refractivity contribution >= 4 is 21.8 Å². The summed E-state index contributed by atoms with van der Waals surface area (Å²) in [6.07, 6.45) is 0. The van der Waals surface area contributed by atoms with Gasteiger partial charge in [-0.25, -0.2) is 32.4 Å². The van der Waals surface area contributed by atoms with Gasteiger partial charge in [-0.05, 0) is 19.1 Å². The molecule has 1 aromatic rings. The molecule has 1 aliphatic rings. The molecule has 10 heteroatoms. The van der Waals surface area contributed by atoms with Crippen molar-refractivity contribution < 1.29 is 22.0 Å². The van der Waals surface area contributed by atoms with Crippen molar-refractivity contribution in [3.63, 3.8) is 0 Å². The zero-order valence-electron chi connectivity index (χ0n) is 10.2. The number of hydrazine groups is 1. The van der Waals surface area contributed by atoms with Crippen LogP contribution in [-0.2, 0) is 10.0 Å². The first-order valence-electron chi connectivity index (χ1n) is 5.38. The Morgan fingerprint density at radius 1 is 1.40 bits per heavy atom. The third kappa shape index (κ3) is 2.91. The van der Waals surface area contributed by atoms with Gasteiger partial charge < -0.3 is 0 Å². The predicted octanol–water partition coefficient (Wildman–Crippen LogP) is 0.559. The van der Waals surface area contributed by atoms with Gasteiger partial charge in [0, 0.05) is 6.07 Å². The second-order valence-corrected chi connectivity index (χ2v) is 5.65. The second-order valence-electron chi connectivity index (χ2n) is 4.02. The molecule has 20 heavy (non-hydrogen) atoms. The van der Waals surface area contributed by atoms with Crippen LogP contribution in [0.4, 0.5) is 13.6 Å². The summed E-state index contributed by atoms with van der Waals surface area (Å²) in [6, 6.07) is 1.22. The van der Waals surface area contributed by atoms with E-state index in [9.17, 15) is 22.0 Å². The average Bonchev–Trinajstić information content (AvgIpc) is 2.33. The standard InChI is InChI=1S/C10H10F2N4O3S/c1-6-5-16(10(17)14-13-6)15-20(18,19)9-3-2-7(11)4-8(9)12/h2-4,15H,5H2,1H3,(H,14,17). The van der Waals surface area contributed by atoms with Gasteiger partial charge in [-0.3, -0.25) is 0 Å². The van der Waals surface area contributed by atoms with Crippen LogP contribution >= 0.6 is 0 Å². The molecule has 1 heterocycles. The number of urea groups is 1. The number of nitrogens with one attached hydrogen (secondary N) is 2. The van der Waals surface area contributed by atoms with Gasteiger partial charge in [-0.1, -0.05) is 0 Å². The van der Waals surface area contributed by atoms with E-state index in [1.165, 1.54) is 0 Å². The highest BCUT2D eigenvalue weighted by atomic mass is 32.2. The molecule has 108 valence electrons. The number of carbonyl (C=O) groups is 1. The van der Waals surface area contributed by atoms with Crippen LogP contribution in [0.1, 0.15) is 6.92 Å². The lowest BCUT2D eigenvalue weighted by atomic mass is 10.3. The Morgan fingerprint density at radius 3 is 2.75 bits per heavy atom. The molecule has 0 fully saturated rings. The first-order chi connectivity index (χ1) is 9.29. The monoisotopic (exact) mass is 304 g/mol. The first kappa shape index (κ1) is 14.3. The van der Waals surface area contributed by atoms with E-state index in [4.69, 9.17) is 0 Å². The summed E-state index contributed by atoms with van der Waals surface area (Å²) in [5.41, 5.74) is 2.52. The summed E-state index contributed by atoms with van der Waals surface area (Å²) >= 11 is 0. The summed E-state index contributed by atoms with van der Waals surface area (Å²) in [5.74, 6) is -2.15. The topological polar surface area (TPSA) is 90.9 Å². The van der Waals surface area contributed by atoms with Crippen LogP contribution in [0.5, 0.6) is 0 Å². The van der Waals surface area contributed by atoms with Crippen LogP contribution in [-0.4, -0.2) is 31.7 Å². The Hall–Kier alpha value is -2.07. The Bertz CT molecular complexity index is 690. The van der Waals surface area contributed by atoms with Crippen LogP contribution in [0.2, 0.25) is 0 Å². The minimum absolute atomic E-state index is 0.0894. The maximum absolute atomic E-state index is 13.5. The van der Waals surface area contributed by atoms with Crippen molar-refractivity contribution in [3.8, 4) is 0 Å². The minimum atomic E-state index is -4.35. The molecular formula is C10H10F2N4O3S. The third-order valence-corrected chi connectivity index (χ3v) is 3.76. The smallest absolute Gasteiger partial charge is 0.245 e. The van der Waals surface area contributed by atoms with Crippen LogP contribution < -0.4 is 10.3 Å². The molecule has 0 bridgehead atoms. The number of hydrogen-bond acceptors (Lipinski definition) is 4. The first-order valence-corrected chi connectivity index (χ1v) is 6.86. The maximum Gasteiger partial charge on any atom is 0.353 e. The fraction of sp³-hybridized carbons (Fsp3) is 0.200. The zero-order chi connectivity index (χ0) is 14.9. The number of benzene rings is 1. The normalized spacial score (nSPS) is 15.8. The largest absolute Gasteiger partial charge is 0.353 e. The number of sulfonamides is 1. The van der Waals surface area contributed by atoms with Crippen molar-refractivity contribution in [3.05, 3.63) is 29.8 Å². The van der Waals surface area contributed by atoms with Crippen LogP contribution in [0.15, 0.2) is 28.2 Å². The average molecular weight is 304 g/mol. The van der Waals surface area contributed by atoms with Crippen LogP contribution in [0.3, 0.4) is 0 Å². The molecule has 0 atom stereocenters. The van der Waals surface area contributed by atoms with Crippen molar-refractivity contribution in [1.82, 2.24) is 15.3 Å².